The van der Waals surface area contributed by atoms with Crippen LogP contribution in [0.3, 0.4) is 0 Å². The largest absolute Gasteiger partial charge is 0.456 e. The Morgan fingerprint density at radius 1 is 0.288 bits per heavy atom. The normalized spacial score (nSPS) is 12.2. The highest BCUT2D eigenvalue weighted by Gasteiger charge is 2.21. The smallest absolute Gasteiger partial charge is 0.135 e. The molecule has 4 nitrogen and oxygen atoms in total. The molecule has 4 heterocycles. The summed E-state index contributed by atoms with van der Waals surface area (Å²) in [5.74, 6) is 0. The van der Waals surface area contributed by atoms with E-state index in [2.05, 4.69) is 190 Å². The van der Waals surface area contributed by atoms with Crippen molar-refractivity contribution in [3.8, 4) is 17.1 Å². The van der Waals surface area contributed by atoms with Crippen molar-refractivity contribution in [2.24, 2.45) is 0 Å². The second-order valence-corrected chi connectivity index (χ2v) is 13.7. The van der Waals surface area contributed by atoms with Gasteiger partial charge in [0.25, 0.3) is 0 Å². The van der Waals surface area contributed by atoms with Gasteiger partial charge in [-0.1, -0.05) is 97.1 Å². The first-order chi connectivity index (χ1) is 25.8. The van der Waals surface area contributed by atoms with Gasteiger partial charge in [-0.05, 0) is 78.9 Å². The number of aromatic nitrogens is 3. The molecule has 0 N–H and O–H groups in total. The number of nitrogens with zero attached hydrogens (tertiary/aromatic N) is 3. The molecular weight excluding hydrogens is 635 g/mol. The summed E-state index contributed by atoms with van der Waals surface area (Å²) in [4.78, 5) is 0. The van der Waals surface area contributed by atoms with Crippen LogP contribution in [0.15, 0.2) is 180 Å². The predicted molar refractivity (Wildman–Crippen MR) is 217 cm³/mol. The average Bonchev–Trinajstić information content (AvgIpc) is 3.94. The molecule has 8 aromatic carbocycles. The van der Waals surface area contributed by atoms with E-state index in [1.165, 1.54) is 65.4 Å². The molecule has 0 atom stereocenters. The van der Waals surface area contributed by atoms with E-state index in [4.69, 9.17) is 4.42 Å². The van der Waals surface area contributed by atoms with Crippen molar-refractivity contribution in [1.82, 2.24) is 13.7 Å². The fraction of sp³-hybridized carbons (Fsp3) is 0. The molecule has 0 aliphatic carbocycles. The lowest BCUT2D eigenvalue weighted by Gasteiger charge is -2.10. The highest BCUT2D eigenvalue weighted by Crippen LogP contribution is 2.43. The topological polar surface area (TPSA) is 27.9 Å². The van der Waals surface area contributed by atoms with Gasteiger partial charge in [0.05, 0.1) is 33.1 Å². The van der Waals surface area contributed by atoms with Crippen molar-refractivity contribution in [3.63, 3.8) is 0 Å². The summed E-state index contributed by atoms with van der Waals surface area (Å²) in [5.41, 5.74) is 12.3. The summed E-state index contributed by atoms with van der Waals surface area (Å²) in [6.45, 7) is 0. The van der Waals surface area contributed by atoms with Gasteiger partial charge >= 0.3 is 0 Å². The van der Waals surface area contributed by atoms with Gasteiger partial charge in [0, 0.05) is 60.2 Å². The van der Waals surface area contributed by atoms with Crippen molar-refractivity contribution < 1.29 is 4.42 Å². The zero-order chi connectivity index (χ0) is 33.9. The van der Waals surface area contributed by atoms with E-state index in [-0.39, 0.29) is 0 Å². The third-order valence-electron chi connectivity index (χ3n) is 11.0. The molecule has 0 bridgehead atoms. The number of para-hydroxylation sites is 5. The van der Waals surface area contributed by atoms with Gasteiger partial charge in [0.2, 0.25) is 0 Å². The Hall–Kier alpha value is -7.04. The van der Waals surface area contributed by atoms with Gasteiger partial charge in [-0.2, -0.15) is 0 Å². The summed E-state index contributed by atoms with van der Waals surface area (Å²) < 4.78 is 13.7. The third-order valence-corrected chi connectivity index (χ3v) is 11.0. The lowest BCUT2D eigenvalue weighted by atomic mass is 10.1. The van der Waals surface area contributed by atoms with Gasteiger partial charge in [-0.15, -0.1) is 0 Å². The van der Waals surface area contributed by atoms with Crippen molar-refractivity contribution in [1.29, 1.82) is 0 Å². The number of fused-ring (bicyclic) bond motifs is 13. The zero-order valence-electron chi connectivity index (χ0n) is 28.0. The number of rotatable bonds is 3. The maximum Gasteiger partial charge on any atom is 0.135 e. The molecule has 0 amide bonds. The van der Waals surface area contributed by atoms with Gasteiger partial charge in [0.1, 0.15) is 11.2 Å². The van der Waals surface area contributed by atoms with Gasteiger partial charge in [-0.25, -0.2) is 0 Å². The third kappa shape index (κ3) is 3.65. The summed E-state index contributed by atoms with van der Waals surface area (Å²) >= 11 is 0. The van der Waals surface area contributed by atoms with E-state index in [1.54, 1.807) is 0 Å². The standard InChI is InChI=1S/C48H29N3O/c1-2-12-30(13-3-1)49-43-21-11-7-17-37(43)47-44(49)25-24-36-35-16-6-10-20-42(35)51(48(36)47)32-23-27-46-39(29-32)38-28-31(22-26-45(38)52-46)50-40-18-8-4-14-33(40)34-15-5-9-19-41(34)50/h1-29H. The zero-order valence-corrected chi connectivity index (χ0v) is 28.0. The van der Waals surface area contributed by atoms with E-state index in [0.29, 0.717) is 0 Å². The Morgan fingerprint density at radius 2 is 0.750 bits per heavy atom. The minimum atomic E-state index is 0.879. The number of hydrogen-bond donors (Lipinski definition) is 0. The maximum atomic E-state index is 6.51. The Labute approximate surface area is 297 Å². The summed E-state index contributed by atoms with van der Waals surface area (Å²) in [6.07, 6.45) is 0. The fourth-order valence-electron chi connectivity index (χ4n) is 8.86. The maximum absolute atomic E-state index is 6.51. The molecule has 0 saturated carbocycles. The Bertz CT molecular complexity index is 3360. The molecule has 0 aliphatic heterocycles. The van der Waals surface area contributed by atoms with Crippen LogP contribution < -0.4 is 0 Å². The minimum Gasteiger partial charge on any atom is -0.456 e. The quantitative estimate of drug-likeness (QED) is 0.185. The molecule has 0 radical (unpaired) electrons. The summed E-state index contributed by atoms with van der Waals surface area (Å²) in [6, 6.07) is 63.5. The van der Waals surface area contributed by atoms with E-state index in [0.717, 1.165) is 39.0 Å². The van der Waals surface area contributed by atoms with Crippen LogP contribution in [0, 0.1) is 0 Å². The van der Waals surface area contributed by atoms with Crippen LogP contribution in [0.25, 0.3) is 104 Å². The van der Waals surface area contributed by atoms with Gasteiger partial charge in [0.15, 0.2) is 0 Å². The van der Waals surface area contributed by atoms with E-state index in [9.17, 15) is 0 Å². The molecule has 12 aromatic rings. The lowest BCUT2D eigenvalue weighted by Crippen LogP contribution is -1.95. The average molecular weight is 664 g/mol. The number of furan rings is 1. The molecule has 0 unspecified atom stereocenters. The van der Waals surface area contributed by atoms with Crippen molar-refractivity contribution in [2.45, 2.75) is 0 Å². The predicted octanol–water partition coefficient (Wildman–Crippen LogP) is 12.9. The first kappa shape index (κ1) is 27.7. The second kappa shape index (κ2) is 10.3. The van der Waals surface area contributed by atoms with Gasteiger partial charge < -0.3 is 18.1 Å². The van der Waals surface area contributed by atoms with E-state index < -0.39 is 0 Å². The first-order valence-corrected chi connectivity index (χ1v) is 17.8. The van der Waals surface area contributed by atoms with Crippen LogP contribution in [-0.2, 0) is 0 Å². The Balaban J connectivity index is 1.16. The molecule has 52 heavy (non-hydrogen) atoms. The van der Waals surface area contributed by atoms with Crippen LogP contribution in [0.5, 0.6) is 0 Å². The highest BCUT2D eigenvalue weighted by atomic mass is 16.3. The molecule has 4 aromatic heterocycles. The molecule has 242 valence electrons. The molecule has 0 fully saturated rings. The monoisotopic (exact) mass is 663 g/mol. The van der Waals surface area contributed by atoms with Crippen LogP contribution in [-0.4, -0.2) is 13.7 Å². The Kier molecular flexibility index (Phi) is 5.47. The van der Waals surface area contributed by atoms with Crippen LogP contribution in [0.2, 0.25) is 0 Å². The van der Waals surface area contributed by atoms with Crippen LogP contribution in [0.1, 0.15) is 0 Å². The second-order valence-electron chi connectivity index (χ2n) is 13.7. The number of hydrogen-bond acceptors (Lipinski definition) is 1. The SMILES string of the molecule is c1ccc(-n2c3ccccc3c3c2ccc2c4ccccc4n(-c4ccc5oc6ccc(-n7c8ccccc8c8ccccc87)cc6c5c4)c23)cc1. The van der Waals surface area contributed by atoms with Crippen molar-refractivity contribution >= 4 is 87.4 Å². The first-order valence-electron chi connectivity index (χ1n) is 17.8. The summed E-state index contributed by atoms with van der Waals surface area (Å²) in [7, 11) is 0. The molecule has 4 heteroatoms. The fourth-order valence-corrected chi connectivity index (χ4v) is 8.86. The molecule has 0 aliphatic rings. The number of benzene rings is 8. The Morgan fingerprint density at radius 3 is 1.37 bits per heavy atom. The minimum absolute atomic E-state index is 0.879. The van der Waals surface area contributed by atoms with Crippen LogP contribution in [0.4, 0.5) is 0 Å². The summed E-state index contributed by atoms with van der Waals surface area (Å²) in [5, 5.41) is 9.67. The lowest BCUT2D eigenvalue weighted by molar-refractivity contribution is 0.669. The van der Waals surface area contributed by atoms with E-state index in [1.807, 2.05) is 0 Å². The van der Waals surface area contributed by atoms with Gasteiger partial charge in [-0.3, -0.25) is 0 Å². The van der Waals surface area contributed by atoms with Crippen LogP contribution >= 0.6 is 0 Å². The van der Waals surface area contributed by atoms with E-state index >= 15 is 0 Å². The van der Waals surface area contributed by atoms with Crippen molar-refractivity contribution in [3.05, 3.63) is 176 Å². The van der Waals surface area contributed by atoms with Crippen molar-refractivity contribution in [2.75, 3.05) is 0 Å². The molecule has 12 rings (SSSR count). The molecule has 0 saturated heterocycles. The molecular formula is C48H29N3O. The molecule has 0 spiro atoms. The highest BCUT2D eigenvalue weighted by molar-refractivity contribution is 6.26.